The zero-order valence-electron chi connectivity index (χ0n) is 21.6. The summed E-state index contributed by atoms with van der Waals surface area (Å²) >= 11 is 0. The maximum Gasteiger partial charge on any atom is 0.127 e. The number of hydrogen-bond donors (Lipinski definition) is 0. The molecule has 4 nitrogen and oxygen atoms in total. The average Bonchev–Trinajstić information content (AvgIpc) is 3.41. The summed E-state index contributed by atoms with van der Waals surface area (Å²) < 4.78 is 15.6. The Morgan fingerprint density at radius 1 is 0.972 bits per heavy atom. The van der Waals surface area contributed by atoms with Crippen molar-refractivity contribution < 1.29 is 4.39 Å². The smallest absolute Gasteiger partial charge is 0.127 e. The molecule has 0 spiro atoms. The highest BCUT2D eigenvalue weighted by atomic mass is 19.1. The van der Waals surface area contributed by atoms with Gasteiger partial charge in [0.2, 0.25) is 0 Å². The predicted octanol–water partition coefficient (Wildman–Crippen LogP) is 5.42. The number of anilines is 1. The van der Waals surface area contributed by atoms with Crippen LogP contribution in [-0.4, -0.2) is 56.1 Å². The maximum atomic E-state index is 15.6. The second kappa shape index (κ2) is 9.80. The Morgan fingerprint density at radius 2 is 1.67 bits per heavy atom. The lowest BCUT2D eigenvalue weighted by Gasteiger charge is -2.54. The molecule has 5 heteroatoms. The molecule has 3 heterocycles. The average molecular weight is 487 g/mol. The van der Waals surface area contributed by atoms with E-state index in [4.69, 9.17) is 5.26 Å². The van der Waals surface area contributed by atoms with E-state index in [0.717, 1.165) is 50.4 Å². The van der Waals surface area contributed by atoms with Crippen LogP contribution in [-0.2, 0) is 12.0 Å². The van der Waals surface area contributed by atoms with Crippen LogP contribution in [0.4, 0.5) is 10.1 Å². The highest BCUT2D eigenvalue weighted by Gasteiger charge is 2.52. The summed E-state index contributed by atoms with van der Waals surface area (Å²) in [6.07, 6.45) is 7.49. The Morgan fingerprint density at radius 3 is 2.36 bits per heavy atom. The van der Waals surface area contributed by atoms with Crippen LogP contribution in [0.25, 0.3) is 0 Å². The first-order valence-corrected chi connectivity index (χ1v) is 14.0. The van der Waals surface area contributed by atoms with E-state index in [1.807, 2.05) is 18.2 Å². The molecule has 1 unspecified atom stereocenters. The van der Waals surface area contributed by atoms with E-state index in [1.54, 1.807) is 6.07 Å². The van der Waals surface area contributed by atoms with Crippen molar-refractivity contribution in [3.8, 4) is 6.07 Å². The molecule has 4 aliphatic rings. The van der Waals surface area contributed by atoms with Gasteiger partial charge in [0.05, 0.1) is 11.6 Å². The van der Waals surface area contributed by atoms with Crippen LogP contribution in [0.2, 0.25) is 0 Å². The maximum absolute atomic E-state index is 15.6. The van der Waals surface area contributed by atoms with Crippen molar-refractivity contribution in [1.29, 1.82) is 5.26 Å². The van der Waals surface area contributed by atoms with E-state index in [-0.39, 0.29) is 11.2 Å². The Labute approximate surface area is 215 Å². The fourth-order valence-corrected chi connectivity index (χ4v) is 8.17. The molecule has 3 aliphatic heterocycles. The van der Waals surface area contributed by atoms with Gasteiger partial charge in [0.15, 0.2) is 0 Å². The van der Waals surface area contributed by atoms with E-state index in [1.165, 1.54) is 56.3 Å². The zero-order chi connectivity index (χ0) is 24.7. The number of nitriles is 1. The lowest BCUT2D eigenvalue weighted by atomic mass is 9.57. The molecule has 36 heavy (non-hydrogen) atoms. The number of halogens is 1. The molecule has 0 radical (unpaired) electrons. The number of piperidine rings is 1. The highest BCUT2D eigenvalue weighted by molar-refractivity contribution is 5.51. The topological polar surface area (TPSA) is 33.5 Å². The molecule has 0 aromatic heterocycles. The fraction of sp³-hybridized carbons (Fsp3) is 0.581. The molecule has 3 fully saturated rings. The number of nitrogens with zero attached hydrogens (tertiary/aromatic N) is 4. The first-order chi connectivity index (χ1) is 17.6. The van der Waals surface area contributed by atoms with E-state index in [9.17, 15) is 0 Å². The minimum absolute atomic E-state index is 0.0286. The molecule has 0 N–H and O–H groups in total. The first-order valence-electron chi connectivity index (χ1n) is 14.0. The molecular formula is C31H39FN4. The van der Waals surface area contributed by atoms with E-state index in [2.05, 4.69) is 46.0 Å². The van der Waals surface area contributed by atoms with Crippen LogP contribution in [0, 0.1) is 34.9 Å². The van der Waals surface area contributed by atoms with Crippen molar-refractivity contribution >= 4 is 5.69 Å². The zero-order valence-corrected chi connectivity index (χ0v) is 21.6. The lowest BCUT2D eigenvalue weighted by Crippen LogP contribution is -2.57. The number of fused-ring (bicyclic) bond motifs is 1. The first kappa shape index (κ1) is 23.9. The van der Waals surface area contributed by atoms with Crippen LogP contribution < -0.4 is 4.90 Å². The van der Waals surface area contributed by atoms with Crippen molar-refractivity contribution in [2.24, 2.45) is 17.8 Å². The van der Waals surface area contributed by atoms with Crippen molar-refractivity contribution in [2.75, 3.05) is 51.2 Å². The number of rotatable bonds is 5. The summed E-state index contributed by atoms with van der Waals surface area (Å²) in [4.78, 5) is 7.57. The minimum Gasteiger partial charge on any atom is -0.371 e. The third kappa shape index (κ3) is 4.23. The van der Waals surface area contributed by atoms with Crippen LogP contribution in [0.15, 0.2) is 42.5 Å². The minimum atomic E-state index is -0.0286. The Bertz CT molecular complexity index is 1100. The van der Waals surface area contributed by atoms with Gasteiger partial charge in [-0.1, -0.05) is 25.0 Å². The van der Waals surface area contributed by atoms with Gasteiger partial charge in [-0.25, -0.2) is 4.39 Å². The second-order valence-corrected chi connectivity index (χ2v) is 12.0. The molecule has 2 saturated heterocycles. The van der Waals surface area contributed by atoms with Gasteiger partial charge in [0.25, 0.3) is 0 Å². The van der Waals surface area contributed by atoms with E-state index >= 15 is 4.39 Å². The summed E-state index contributed by atoms with van der Waals surface area (Å²) in [7, 11) is 2.24. The number of benzene rings is 2. The van der Waals surface area contributed by atoms with Gasteiger partial charge in [-0.3, -0.25) is 0 Å². The monoisotopic (exact) mass is 486 g/mol. The van der Waals surface area contributed by atoms with Gasteiger partial charge in [-0.2, -0.15) is 5.26 Å². The van der Waals surface area contributed by atoms with Crippen molar-refractivity contribution in [1.82, 2.24) is 9.80 Å². The molecule has 1 atom stereocenters. The lowest BCUT2D eigenvalue weighted by molar-refractivity contribution is 0.0394. The molecule has 1 aliphatic carbocycles. The van der Waals surface area contributed by atoms with Crippen LogP contribution in [0.1, 0.15) is 55.2 Å². The summed E-state index contributed by atoms with van der Waals surface area (Å²) in [6.45, 7) is 7.53. The molecule has 1 saturated carbocycles. The summed E-state index contributed by atoms with van der Waals surface area (Å²) in [6, 6.07) is 16.0. The third-order valence-corrected chi connectivity index (χ3v) is 9.77. The summed E-state index contributed by atoms with van der Waals surface area (Å²) in [5, 5.41) is 9.03. The van der Waals surface area contributed by atoms with E-state index in [0.29, 0.717) is 17.8 Å². The third-order valence-electron chi connectivity index (χ3n) is 9.77. The van der Waals surface area contributed by atoms with Crippen LogP contribution in [0.3, 0.4) is 0 Å². The van der Waals surface area contributed by atoms with Crippen molar-refractivity contribution in [3.63, 3.8) is 0 Å². The SMILES string of the molecule is CN1Cc2cccc(F)c2C(C2CCCC2)(C2CCN(CC3CN(c4ccc(C#N)cc4)C3)CC2)C1. The Kier molecular flexibility index (Phi) is 6.52. The standard InChI is InChI=1S/C31H39FN4/c1-34-21-25-5-4-8-29(32)30(25)31(22-34,26-6-2-3-7-26)27-13-15-35(16-14-27)18-24-19-36(20-24)28-11-9-23(17-33)10-12-28/h4-5,8-12,24,26-27H,2-3,6-7,13-16,18-22H2,1H3. The number of hydrogen-bond acceptors (Lipinski definition) is 4. The predicted molar refractivity (Wildman–Crippen MR) is 142 cm³/mol. The normalized spacial score (nSPS) is 26.5. The molecule has 2 aromatic rings. The van der Waals surface area contributed by atoms with Gasteiger partial charge < -0.3 is 14.7 Å². The van der Waals surface area contributed by atoms with Gasteiger partial charge in [-0.15, -0.1) is 0 Å². The summed E-state index contributed by atoms with van der Waals surface area (Å²) in [5.74, 6) is 1.93. The van der Waals surface area contributed by atoms with Gasteiger partial charge in [0.1, 0.15) is 5.82 Å². The van der Waals surface area contributed by atoms with Gasteiger partial charge in [-0.05, 0) is 93.6 Å². The molecule has 190 valence electrons. The van der Waals surface area contributed by atoms with Crippen LogP contribution in [0.5, 0.6) is 0 Å². The number of likely N-dealkylation sites (N-methyl/N-ethyl adjacent to an activating group) is 1. The fourth-order valence-electron chi connectivity index (χ4n) is 8.17. The van der Waals surface area contributed by atoms with Gasteiger partial charge in [0, 0.05) is 55.3 Å². The Hall–Kier alpha value is -2.42. The second-order valence-electron chi connectivity index (χ2n) is 12.0. The number of likely N-dealkylation sites (tertiary alicyclic amines) is 1. The molecule has 6 rings (SSSR count). The Balaban J connectivity index is 1.13. The van der Waals surface area contributed by atoms with Gasteiger partial charge >= 0.3 is 0 Å². The van der Waals surface area contributed by atoms with E-state index < -0.39 is 0 Å². The quantitative estimate of drug-likeness (QED) is 0.565. The molecular weight excluding hydrogens is 447 g/mol. The summed E-state index contributed by atoms with van der Waals surface area (Å²) in [5.41, 5.74) is 4.24. The molecule has 0 bridgehead atoms. The van der Waals surface area contributed by atoms with Crippen molar-refractivity contribution in [2.45, 2.75) is 50.5 Å². The van der Waals surface area contributed by atoms with Crippen LogP contribution >= 0.6 is 0 Å². The molecule has 0 amide bonds. The molecule has 2 aromatic carbocycles. The highest BCUT2D eigenvalue weighted by Crippen LogP contribution is 2.53. The van der Waals surface area contributed by atoms with Crippen molar-refractivity contribution in [3.05, 3.63) is 65.0 Å². The largest absolute Gasteiger partial charge is 0.371 e.